The van der Waals surface area contributed by atoms with Gasteiger partial charge in [0.25, 0.3) is 0 Å². The van der Waals surface area contributed by atoms with Crippen LogP contribution in [0.4, 0.5) is 0 Å². The van der Waals surface area contributed by atoms with E-state index >= 15 is 0 Å². The van der Waals surface area contributed by atoms with Gasteiger partial charge in [0.05, 0.1) is 0 Å². The summed E-state index contributed by atoms with van der Waals surface area (Å²) in [5, 5.41) is 12.3. The molecule has 0 spiro atoms. The summed E-state index contributed by atoms with van der Waals surface area (Å²) < 4.78 is 0. The van der Waals surface area contributed by atoms with E-state index in [2.05, 4.69) is 35.9 Å². The topological polar surface area (TPSA) is 65.1 Å². The Morgan fingerprint density at radius 1 is 1.38 bits per heavy atom. The fourth-order valence-electron chi connectivity index (χ4n) is 2.78. The van der Waals surface area contributed by atoms with E-state index in [1.54, 1.807) is 6.07 Å². The lowest BCUT2D eigenvalue weighted by molar-refractivity contribution is 0.0556. The highest BCUT2D eigenvalue weighted by Gasteiger charge is 2.26. The normalized spacial score (nSPS) is 25.2. The third kappa shape index (κ3) is 3.67. The number of hydrogen-bond donors (Lipinski definition) is 2. The summed E-state index contributed by atoms with van der Waals surface area (Å²) in [6, 6.07) is 6.59. The first kappa shape index (κ1) is 16.1. The average molecular weight is 311 g/mol. The van der Waals surface area contributed by atoms with Gasteiger partial charge in [-0.15, -0.1) is 0 Å². The van der Waals surface area contributed by atoms with Gasteiger partial charge >= 0.3 is 0 Å². The molecule has 0 aliphatic carbocycles. The summed E-state index contributed by atoms with van der Waals surface area (Å²) in [6.07, 6.45) is 0. The van der Waals surface area contributed by atoms with E-state index in [1.807, 2.05) is 12.1 Å². The number of rotatable bonds is 3. The number of piperazine rings is 1. The molecule has 1 saturated heterocycles. The molecule has 0 aromatic heterocycles. The number of halogens is 1. The number of oxime groups is 1. The summed E-state index contributed by atoms with van der Waals surface area (Å²) >= 11 is 6.32. The van der Waals surface area contributed by atoms with Gasteiger partial charge in [0.1, 0.15) is 0 Å². The van der Waals surface area contributed by atoms with Crippen LogP contribution in [0.25, 0.3) is 0 Å². The van der Waals surface area contributed by atoms with Crippen molar-refractivity contribution in [3.8, 4) is 0 Å². The highest BCUT2D eigenvalue weighted by Crippen LogP contribution is 2.22. The van der Waals surface area contributed by atoms with E-state index in [0.717, 1.165) is 25.2 Å². The van der Waals surface area contributed by atoms with Gasteiger partial charge < -0.3 is 10.9 Å². The Labute approximate surface area is 131 Å². The largest absolute Gasteiger partial charge is 0.409 e. The van der Waals surface area contributed by atoms with Crippen LogP contribution in [0.15, 0.2) is 23.4 Å². The zero-order valence-electron chi connectivity index (χ0n) is 12.8. The molecular formula is C15H23ClN4O. The van der Waals surface area contributed by atoms with E-state index < -0.39 is 0 Å². The lowest BCUT2D eigenvalue weighted by atomic mass is 10.1. The second-order valence-electron chi connectivity index (χ2n) is 5.85. The van der Waals surface area contributed by atoms with Crippen molar-refractivity contribution in [2.45, 2.75) is 32.5 Å². The second-order valence-corrected chi connectivity index (χ2v) is 6.26. The molecule has 2 rings (SSSR count). The maximum atomic E-state index is 8.70. The zero-order valence-corrected chi connectivity index (χ0v) is 13.5. The maximum absolute atomic E-state index is 8.70. The van der Waals surface area contributed by atoms with Gasteiger partial charge in [-0.3, -0.25) is 9.80 Å². The number of likely N-dealkylation sites (N-methyl/N-ethyl adjacent to an activating group) is 1. The molecule has 116 valence electrons. The molecule has 0 bridgehead atoms. The van der Waals surface area contributed by atoms with Crippen LogP contribution in [0.3, 0.4) is 0 Å². The van der Waals surface area contributed by atoms with Crippen molar-refractivity contribution in [3.63, 3.8) is 0 Å². The van der Waals surface area contributed by atoms with Crippen LogP contribution in [0.1, 0.15) is 25.0 Å². The van der Waals surface area contributed by atoms with Crippen LogP contribution in [-0.2, 0) is 6.54 Å². The lowest BCUT2D eigenvalue weighted by Crippen LogP contribution is -2.54. The van der Waals surface area contributed by atoms with Gasteiger partial charge in [-0.25, -0.2) is 0 Å². The highest BCUT2D eigenvalue weighted by molar-refractivity contribution is 6.31. The smallest absolute Gasteiger partial charge is 0.170 e. The Bertz CT molecular complexity index is 522. The SMILES string of the molecule is CC1CN(Cc2ccc(/C(N)=N/O)cc2Cl)CC(C)N1C. The van der Waals surface area contributed by atoms with Gasteiger partial charge in [0.2, 0.25) is 0 Å². The first-order valence-electron chi connectivity index (χ1n) is 7.13. The van der Waals surface area contributed by atoms with E-state index in [4.69, 9.17) is 22.5 Å². The molecule has 0 radical (unpaired) electrons. The number of nitrogens with two attached hydrogens (primary N) is 1. The molecule has 1 aromatic carbocycles. The Morgan fingerprint density at radius 3 is 2.52 bits per heavy atom. The summed E-state index contributed by atoms with van der Waals surface area (Å²) in [5.41, 5.74) is 7.27. The first-order valence-corrected chi connectivity index (χ1v) is 7.50. The summed E-state index contributed by atoms with van der Waals surface area (Å²) in [5.74, 6) is 0.0743. The van der Waals surface area contributed by atoms with Gasteiger partial charge in [-0.1, -0.05) is 28.9 Å². The first-order chi connectivity index (χ1) is 9.92. The van der Waals surface area contributed by atoms with Crippen LogP contribution in [0, 0.1) is 0 Å². The van der Waals surface area contributed by atoms with Crippen LogP contribution in [0.2, 0.25) is 5.02 Å². The Hall–Kier alpha value is -1.30. The van der Waals surface area contributed by atoms with Crippen molar-refractivity contribution in [1.29, 1.82) is 0 Å². The molecule has 0 saturated carbocycles. The van der Waals surface area contributed by atoms with Crippen molar-refractivity contribution in [2.75, 3.05) is 20.1 Å². The second kappa shape index (κ2) is 6.64. The molecule has 3 N–H and O–H groups in total. The predicted molar refractivity (Wildman–Crippen MR) is 85.9 cm³/mol. The van der Waals surface area contributed by atoms with Crippen LogP contribution in [0.5, 0.6) is 0 Å². The van der Waals surface area contributed by atoms with Gasteiger partial charge in [-0.05, 0) is 32.5 Å². The molecule has 2 atom stereocenters. The summed E-state index contributed by atoms with van der Waals surface area (Å²) in [7, 11) is 2.17. The highest BCUT2D eigenvalue weighted by atomic mass is 35.5. The van der Waals surface area contributed by atoms with Crippen molar-refractivity contribution >= 4 is 17.4 Å². The van der Waals surface area contributed by atoms with E-state index in [1.165, 1.54) is 0 Å². The maximum Gasteiger partial charge on any atom is 0.170 e. The van der Waals surface area contributed by atoms with Gasteiger partial charge in [-0.2, -0.15) is 0 Å². The molecule has 21 heavy (non-hydrogen) atoms. The minimum absolute atomic E-state index is 0.0743. The monoisotopic (exact) mass is 310 g/mol. The van der Waals surface area contributed by atoms with Crippen molar-refractivity contribution in [3.05, 3.63) is 34.3 Å². The number of amidine groups is 1. The van der Waals surface area contributed by atoms with E-state index in [-0.39, 0.29) is 5.84 Å². The standard InChI is InChI=1S/C15H23ClN4O/c1-10-7-20(8-11(2)19(10)3)9-13-5-4-12(6-14(13)16)15(17)18-21/h4-6,10-11,21H,7-9H2,1-3H3,(H2,17,18). The molecular weight excluding hydrogens is 288 g/mol. The molecule has 1 fully saturated rings. The summed E-state index contributed by atoms with van der Waals surface area (Å²) in [6.45, 7) is 7.35. The molecule has 1 aromatic rings. The van der Waals surface area contributed by atoms with Crippen LogP contribution < -0.4 is 5.73 Å². The van der Waals surface area contributed by atoms with Gasteiger partial charge in [0.15, 0.2) is 5.84 Å². The Balaban J connectivity index is 2.10. The number of hydrogen-bond acceptors (Lipinski definition) is 4. The van der Waals surface area contributed by atoms with E-state index in [9.17, 15) is 0 Å². The minimum Gasteiger partial charge on any atom is -0.409 e. The van der Waals surface area contributed by atoms with Crippen molar-refractivity contribution < 1.29 is 5.21 Å². The third-order valence-electron chi connectivity index (χ3n) is 4.29. The molecule has 5 nitrogen and oxygen atoms in total. The Morgan fingerprint density at radius 2 is 2.00 bits per heavy atom. The van der Waals surface area contributed by atoms with Crippen LogP contribution >= 0.6 is 11.6 Å². The van der Waals surface area contributed by atoms with Crippen molar-refractivity contribution in [2.24, 2.45) is 10.9 Å². The molecule has 1 heterocycles. The predicted octanol–water partition coefficient (Wildman–Crippen LogP) is 1.96. The minimum atomic E-state index is 0.0743. The molecule has 6 heteroatoms. The fourth-order valence-corrected chi connectivity index (χ4v) is 3.02. The number of benzene rings is 1. The fraction of sp³-hybridized carbons (Fsp3) is 0.533. The Kier molecular flexibility index (Phi) is 5.08. The van der Waals surface area contributed by atoms with Crippen molar-refractivity contribution in [1.82, 2.24) is 9.80 Å². The third-order valence-corrected chi connectivity index (χ3v) is 4.64. The summed E-state index contributed by atoms with van der Waals surface area (Å²) in [4.78, 5) is 4.82. The lowest BCUT2D eigenvalue weighted by Gasteiger charge is -2.42. The molecule has 1 aliphatic heterocycles. The quantitative estimate of drug-likeness (QED) is 0.388. The van der Waals surface area contributed by atoms with Gasteiger partial charge in [0, 0.05) is 42.3 Å². The van der Waals surface area contributed by atoms with Crippen LogP contribution in [-0.4, -0.2) is 53.1 Å². The number of nitrogens with zero attached hydrogens (tertiary/aromatic N) is 3. The van der Waals surface area contributed by atoms with E-state index in [0.29, 0.717) is 22.7 Å². The zero-order chi connectivity index (χ0) is 15.6. The average Bonchev–Trinajstić information content (AvgIpc) is 2.46. The molecule has 1 aliphatic rings. The molecule has 2 unspecified atom stereocenters. The molecule has 0 amide bonds.